The van der Waals surface area contributed by atoms with Crippen LogP contribution >= 0.6 is 0 Å². The number of carbonyl (C=O) groups is 1. The number of carbonyl (C=O) groups excluding carboxylic acids is 1. The van der Waals surface area contributed by atoms with Crippen molar-refractivity contribution in [3.05, 3.63) is 47.5 Å². The van der Waals surface area contributed by atoms with Gasteiger partial charge in [-0.1, -0.05) is 18.2 Å². The predicted molar refractivity (Wildman–Crippen MR) is 121 cm³/mol. The van der Waals surface area contributed by atoms with Crippen LogP contribution in [0.15, 0.2) is 41.3 Å². The molecule has 1 heterocycles. The van der Waals surface area contributed by atoms with Gasteiger partial charge in [-0.05, 0) is 48.6 Å². The summed E-state index contributed by atoms with van der Waals surface area (Å²) in [6.07, 6.45) is 2.55. The molecular formula is C23H30N2O6S. The Morgan fingerprint density at radius 3 is 2.19 bits per heavy atom. The smallest absolute Gasteiger partial charge is 0.243 e. The first kappa shape index (κ1) is 23.9. The van der Waals surface area contributed by atoms with Crippen LogP contribution in [0.4, 0.5) is 0 Å². The summed E-state index contributed by atoms with van der Waals surface area (Å²) in [5, 5.41) is 2.88. The van der Waals surface area contributed by atoms with Gasteiger partial charge in [0.15, 0.2) is 11.5 Å². The molecule has 2 aromatic carbocycles. The molecule has 0 aromatic heterocycles. The lowest BCUT2D eigenvalue weighted by Crippen LogP contribution is -2.28. The SMILES string of the molecule is COc1ccc(CCC(=O)NCc2ccc(S(=O)(=O)N3CCCC3)cc2)c(OC)c1OC. The number of hydrogen-bond acceptors (Lipinski definition) is 6. The van der Waals surface area contributed by atoms with E-state index in [2.05, 4.69) is 5.32 Å². The number of sulfonamides is 1. The molecule has 174 valence electrons. The largest absolute Gasteiger partial charge is 0.493 e. The van der Waals surface area contributed by atoms with E-state index < -0.39 is 10.0 Å². The maximum absolute atomic E-state index is 12.6. The summed E-state index contributed by atoms with van der Waals surface area (Å²) in [6.45, 7) is 1.47. The van der Waals surface area contributed by atoms with E-state index in [4.69, 9.17) is 14.2 Å². The molecule has 0 aliphatic carbocycles. The highest BCUT2D eigenvalue weighted by Gasteiger charge is 2.26. The molecular weight excluding hydrogens is 432 g/mol. The van der Waals surface area contributed by atoms with Crippen molar-refractivity contribution in [2.75, 3.05) is 34.4 Å². The summed E-state index contributed by atoms with van der Waals surface area (Å²) < 4.78 is 42.8. The highest BCUT2D eigenvalue weighted by atomic mass is 32.2. The third kappa shape index (κ3) is 5.34. The average molecular weight is 463 g/mol. The minimum Gasteiger partial charge on any atom is -0.493 e. The third-order valence-corrected chi connectivity index (χ3v) is 7.44. The molecule has 0 spiro atoms. The molecule has 9 heteroatoms. The second-order valence-electron chi connectivity index (χ2n) is 7.53. The molecule has 0 saturated carbocycles. The van der Waals surface area contributed by atoms with Crippen LogP contribution in [0.2, 0.25) is 0 Å². The van der Waals surface area contributed by atoms with Crippen molar-refractivity contribution in [1.82, 2.24) is 9.62 Å². The molecule has 1 N–H and O–H groups in total. The third-order valence-electron chi connectivity index (χ3n) is 5.52. The first-order valence-corrected chi connectivity index (χ1v) is 12.0. The van der Waals surface area contributed by atoms with Crippen LogP contribution in [0.3, 0.4) is 0 Å². The predicted octanol–water partition coefficient (Wildman–Crippen LogP) is 2.75. The standard InChI is InChI=1S/C23H30N2O6S/c1-29-20-12-8-18(22(30-2)23(20)31-3)9-13-21(26)24-16-17-6-10-19(11-7-17)32(27,28)25-14-4-5-15-25/h6-8,10-12H,4-5,9,13-16H2,1-3H3,(H,24,26). The fourth-order valence-electron chi connectivity index (χ4n) is 3.75. The number of rotatable bonds is 10. The lowest BCUT2D eigenvalue weighted by atomic mass is 10.1. The number of benzene rings is 2. The summed E-state index contributed by atoms with van der Waals surface area (Å²) >= 11 is 0. The quantitative estimate of drug-likeness (QED) is 0.584. The fraction of sp³-hybridized carbons (Fsp3) is 0.435. The number of hydrogen-bond donors (Lipinski definition) is 1. The lowest BCUT2D eigenvalue weighted by Gasteiger charge is -2.16. The zero-order valence-electron chi connectivity index (χ0n) is 18.7. The molecule has 3 rings (SSSR count). The lowest BCUT2D eigenvalue weighted by molar-refractivity contribution is -0.121. The van der Waals surface area contributed by atoms with E-state index >= 15 is 0 Å². The Morgan fingerprint density at radius 2 is 1.59 bits per heavy atom. The van der Waals surface area contributed by atoms with E-state index in [0.29, 0.717) is 43.3 Å². The van der Waals surface area contributed by atoms with Gasteiger partial charge in [0.05, 0.1) is 26.2 Å². The van der Waals surface area contributed by atoms with Gasteiger partial charge < -0.3 is 19.5 Å². The van der Waals surface area contributed by atoms with E-state index in [0.717, 1.165) is 24.0 Å². The molecule has 1 saturated heterocycles. The first-order chi connectivity index (χ1) is 15.4. The van der Waals surface area contributed by atoms with Crippen LogP contribution in [-0.4, -0.2) is 53.0 Å². The van der Waals surface area contributed by atoms with Crippen LogP contribution in [0.1, 0.15) is 30.4 Å². The van der Waals surface area contributed by atoms with Gasteiger partial charge in [0.25, 0.3) is 0 Å². The first-order valence-electron chi connectivity index (χ1n) is 10.5. The molecule has 0 atom stereocenters. The Labute approximate surface area is 189 Å². The Morgan fingerprint density at radius 1 is 0.938 bits per heavy atom. The molecule has 1 fully saturated rings. The summed E-state index contributed by atoms with van der Waals surface area (Å²) in [5.74, 6) is 1.50. The number of nitrogens with one attached hydrogen (secondary N) is 1. The van der Waals surface area contributed by atoms with Gasteiger partial charge in [0.1, 0.15) is 0 Å². The second kappa shape index (κ2) is 10.7. The van der Waals surface area contributed by atoms with Crippen molar-refractivity contribution in [2.24, 2.45) is 0 Å². The van der Waals surface area contributed by atoms with Gasteiger partial charge in [0.2, 0.25) is 21.7 Å². The molecule has 32 heavy (non-hydrogen) atoms. The number of ether oxygens (including phenoxy) is 3. The minimum atomic E-state index is -3.43. The van der Waals surface area contributed by atoms with Gasteiger partial charge in [-0.2, -0.15) is 4.31 Å². The van der Waals surface area contributed by atoms with Crippen molar-refractivity contribution < 1.29 is 27.4 Å². The van der Waals surface area contributed by atoms with Crippen molar-refractivity contribution >= 4 is 15.9 Å². The summed E-state index contributed by atoms with van der Waals surface area (Å²) in [5.41, 5.74) is 1.68. The number of amides is 1. The Hall–Kier alpha value is -2.78. The zero-order chi connectivity index (χ0) is 23.1. The van der Waals surface area contributed by atoms with E-state index in [-0.39, 0.29) is 17.2 Å². The van der Waals surface area contributed by atoms with Crippen molar-refractivity contribution in [1.29, 1.82) is 0 Å². The van der Waals surface area contributed by atoms with Crippen LogP contribution < -0.4 is 19.5 Å². The monoisotopic (exact) mass is 462 g/mol. The molecule has 2 aromatic rings. The van der Waals surface area contributed by atoms with Gasteiger partial charge in [-0.25, -0.2) is 8.42 Å². The minimum absolute atomic E-state index is 0.115. The zero-order valence-corrected chi connectivity index (χ0v) is 19.5. The van der Waals surface area contributed by atoms with E-state index in [9.17, 15) is 13.2 Å². The van der Waals surface area contributed by atoms with Gasteiger partial charge >= 0.3 is 0 Å². The fourth-order valence-corrected chi connectivity index (χ4v) is 5.27. The average Bonchev–Trinajstić information content (AvgIpc) is 3.37. The molecule has 1 aliphatic heterocycles. The highest BCUT2D eigenvalue weighted by Crippen LogP contribution is 2.40. The van der Waals surface area contributed by atoms with Crippen LogP contribution in [-0.2, 0) is 27.8 Å². The topological polar surface area (TPSA) is 94.2 Å². The Bertz CT molecular complexity index is 1030. The molecule has 0 bridgehead atoms. The van der Waals surface area contributed by atoms with E-state index in [1.54, 1.807) is 51.7 Å². The van der Waals surface area contributed by atoms with Crippen molar-refractivity contribution in [3.63, 3.8) is 0 Å². The number of methoxy groups -OCH3 is 3. The molecule has 8 nitrogen and oxygen atoms in total. The van der Waals surface area contributed by atoms with Crippen LogP contribution in [0.25, 0.3) is 0 Å². The molecule has 0 radical (unpaired) electrons. The van der Waals surface area contributed by atoms with Crippen LogP contribution in [0, 0.1) is 0 Å². The highest BCUT2D eigenvalue weighted by molar-refractivity contribution is 7.89. The Kier molecular flexibility index (Phi) is 7.98. The number of nitrogens with zero attached hydrogens (tertiary/aromatic N) is 1. The van der Waals surface area contributed by atoms with Gasteiger partial charge in [-0.3, -0.25) is 4.79 Å². The number of aryl methyl sites for hydroxylation is 1. The summed E-state index contributed by atoms with van der Waals surface area (Å²) in [6, 6.07) is 10.3. The second-order valence-corrected chi connectivity index (χ2v) is 9.46. The normalized spacial score (nSPS) is 14.2. The van der Waals surface area contributed by atoms with Crippen molar-refractivity contribution in [2.45, 2.75) is 37.1 Å². The van der Waals surface area contributed by atoms with Crippen LogP contribution in [0.5, 0.6) is 17.2 Å². The van der Waals surface area contributed by atoms with Gasteiger partial charge in [-0.15, -0.1) is 0 Å². The molecule has 1 amide bonds. The Balaban J connectivity index is 1.55. The van der Waals surface area contributed by atoms with Gasteiger partial charge in [0, 0.05) is 26.1 Å². The maximum atomic E-state index is 12.6. The van der Waals surface area contributed by atoms with E-state index in [1.807, 2.05) is 6.07 Å². The maximum Gasteiger partial charge on any atom is 0.243 e. The van der Waals surface area contributed by atoms with E-state index in [1.165, 1.54) is 4.31 Å². The summed E-state index contributed by atoms with van der Waals surface area (Å²) in [7, 11) is 1.22. The molecule has 1 aliphatic rings. The summed E-state index contributed by atoms with van der Waals surface area (Å²) in [4.78, 5) is 12.6. The molecule has 0 unspecified atom stereocenters. The van der Waals surface area contributed by atoms with Crippen molar-refractivity contribution in [3.8, 4) is 17.2 Å².